The molecule has 2 N–H and O–H groups in total. The number of rotatable bonds is 5. The van der Waals surface area contributed by atoms with E-state index in [2.05, 4.69) is 29.4 Å². The largest absolute Gasteiger partial charge is 0.348 e. The van der Waals surface area contributed by atoms with Crippen LogP contribution in [0.5, 0.6) is 0 Å². The van der Waals surface area contributed by atoms with Crippen molar-refractivity contribution in [2.45, 2.75) is 39.7 Å². The molecule has 2 aromatic rings. The summed E-state index contributed by atoms with van der Waals surface area (Å²) in [6.45, 7) is 6.41. The molecule has 1 aromatic carbocycles. The van der Waals surface area contributed by atoms with E-state index >= 15 is 0 Å². The van der Waals surface area contributed by atoms with Gasteiger partial charge in [-0.25, -0.2) is 0 Å². The van der Waals surface area contributed by atoms with Crippen LogP contribution in [0.15, 0.2) is 24.3 Å². The van der Waals surface area contributed by atoms with Crippen LogP contribution in [0.3, 0.4) is 0 Å². The Balaban J connectivity index is 2.08. The van der Waals surface area contributed by atoms with Crippen LogP contribution in [0.2, 0.25) is 0 Å². The van der Waals surface area contributed by atoms with Crippen molar-refractivity contribution in [1.82, 2.24) is 15.5 Å². The molecule has 1 amide bonds. The fraction of sp³-hybridized carbons (Fsp3) is 0.467. The van der Waals surface area contributed by atoms with Crippen LogP contribution in [-0.2, 0) is 0 Å². The first kappa shape index (κ1) is 13.6. The minimum absolute atomic E-state index is 0.103. The lowest BCUT2D eigenvalue weighted by Crippen LogP contribution is -2.34. The van der Waals surface area contributed by atoms with E-state index in [1.807, 2.05) is 31.2 Å². The van der Waals surface area contributed by atoms with Crippen molar-refractivity contribution >= 4 is 16.8 Å². The molecule has 1 aromatic heterocycles. The Kier molecular flexibility index (Phi) is 4.20. The molecule has 0 spiro atoms. The van der Waals surface area contributed by atoms with Crippen LogP contribution < -0.4 is 5.32 Å². The minimum atomic E-state index is -0.103. The summed E-state index contributed by atoms with van der Waals surface area (Å²) in [7, 11) is 0. The van der Waals surface area contributed by atoms with Crippen LogP contribution >= 0.6 is 0 Å². The van der Waals surface area contributed by atoms with Gasteiger partial charge in [0.1, 0.15) is 0 Å². The number of amides is 1. The highest BCUT2D eigenvalue weighted by Gasteiger charge is 2.16. The van der Waals surface area contributed by atoms with E-state index in [9.17, 15) is 4.79 Å². The maximum atomic E-state index is 12.2. The summed E-state index contributed by atoms with van der Waals surface area (Å²) < 4.78 is 0. The van der Waals surface area contributed by atoms with Crippen LogP contribution in [0.1, 0.15) is 44.1 Å². The van der Waals surface area contributed by atoms with E-state index in [4.69, 9.17) is 0 Å². The lowest BCUT2D eigenvalue weighted by atomic mass is 10.0. The van der Waals surface area contributed by atoms with E-state index in [1.54, 1.807) is 0 Å². The highest BCUT2D eigenvalue weighted by Crippen LogP contribution is 2.16. The highest BCUT2D eigenvalue weighted by molar-refractivity contribution is 6.04. The molecule has 4 nitrogen and oxygen atoms in total. The molecule has 0 saturated heterocycles. The molecule has 19 heavy (non-hydrogen) atoms. The third kappa shape index (κ3) is 3.13. The first-order valence-electron chi connectivity index (χ1n) is 6.85. The van der Waals surface area contributed by atoms with Crippen molar-refractivity contribution in [2.24, 2.45) is 5.92 Å². The van der Waals surface area contributed by atoms with Gasteiger partial charge in [-0.2, -0.15) is 5.10 Å². The Morgan fingerprint density at radius 1 is 1.37 bits per heavy atom. The SMILES string of the molecule is CCC(C)CC(C)NC(=O)c1n[nH]c2ccccc12. The van der Waals surface area contributed by atoms with E-state index in [0.717, 1.165) is 23.7 Å². The summed E-state index contributed by atoms with van der Waals surface area (Å²) >= 11 is 0. The maximum absolute atomic E-state index is 12.2. The molecular formula is C15H21N3O. The normalized spacial score (nSPS) is 14.3. The first-order valence-corrected chi connectivity index (χ1v) is 6.85. The van der Waals surface area contributed by atoms with Crippen LogP contribution in [-0.4, -0.2) is 22.1 Å². The van der Waals surface area contributed by atoms with Gasteiger partial charge in [-0.05, 0) is 25.3 Å². The smallest absolute Gasteiger partial charge is 0.272 e. The van der Waals surface area contributed by atoms with Crippen LogP contribution in [0.4, 0.5) is 0 Å². The lowest BCUT2D eigenvalue weighted by Gasteiger charge is -2.16. The lowest BCUT2D eigenvalue weighted by molar-refractivity contribution is 0.0932. The van der Waals surface area contributed by atoms with Gasteiger partial charge in [0, 0.05) is 11.4 Å². The maximum Gasteiger partial charge on any atom is 0.272 e. The first-order chi connectivity index (χ1) is 9.11. The number of aromatic amines is 1. The van der Waals surface area contributed by atoms with Crippen molar-refractivity contribution in [2.75, 3.05) is 0 Å². The molecule has 0 bridgehead atoms. The third-order valence-corrected chi connectivity index (χ3v) is 3.52. The zero-order valence-corrected chi connectivity index (χ0v) is 11.7. The molecule has 0 aliphatic carbocycles. The second-order valence-electron chi connectivity index (χ2n) is 5.24. The second-order valence-corrected chi connectivity index (χ2v) is 5.24. The van der Waals surface area contributed by atoms with Gasteiger partial charge >= 0.3 is 0 Å². The van der Waals surface area contributed by atoms with E-state index < -0.39 is 0 Å². The van der Waals surface area contributed by atoms with Gasteiger partial charge in [0.15, 0.2) is 5.69 Å². The molecule has 2 unspecified atom stereocenters. The summed E-state index contributed by atoms with van der Waals surface area (Å²) in [5.41, 5.74) is 1.37. The van der Waals surface area contributed by atoms with Gasteiger partial charge in [0.05, 0.1) is 5.52 Å². The number of carbonyl (C=O) groups is 1. The number of aromatic nitrogens is 2. The summed E-state index contributed by atoms with van der Waals surface area (Å²) in [4.78, 5) is 12.2. The molecule has 0 aliphatic heterocycles. The molecule has 0 fully saturated rings. The van der Waals surface area contributed by atoms with E-state index in [0.29, 0.717) is 11.6 Å². The van der Waals surface area contributed by atoms with Crippen molar-refractivity contribution in [3.05, 3.63) is 30.0 Å². The van der Waals surface area contributed by atoms with E-state index in [-0.39, 0.29) is 11.9 Å². The average molecular weight is 259 g/mol. The van der Waals surface area contributed by atoms with E-state index in [1.165, 1.54) is 0 Å². The Morgan fingerprint density at radius 2 is 2.11 bits per heavy atom. The zero-order chi connectivity index (χ0) is 13.8. The molecule has 0 radical (unpaired) electrons. The Bertz CT molecular complexity index is 561. The molecule has 102 valence electrons. The molecule has 2 atom stereocenters. The van der Waals surface area contributed by atoms with Gasteiger partial charge < -0.3 is 5.32 Å². The standard InChI is InChI=1S/C15H21N3O/c1-4-10(2)9-11(3)16-15(19)14-12-7-5-6-8-13(12)17-18-14/h5-8,10-11H,4,9H2,1-3H3,(H,16,19)(H,17,18). The molecular weight excluding hydrogens is 238 g/mol. The third-order valence-electron chi connectivity index (χ3n) is 3.52. The minimum Gasteiger partial charge on any atom is -0.348 e. The average Bonchev–Trinajstić information content (AvgIpc) is 2.82. The monoisotopic (exact) mass is 259 g/mol. The quantitative estimate of drug-likeness (QED) is 0.866. The van der Waals surface area contributed by atoms with Crippen LogP contribution in [0, 0.1) is 5.92 Å². The summed E-state index contributed by atoms with van der Waals surface area (Å²) in [6.07, 6.45) is 2.12. The molecule has 1 heterocycles. The molecule has 0 saturated carbocycles. The summed E-state index contributed by atoms with van der Waals surface area (Å²) in [6, 6.07) is 7.83. The van der Waals surface area contributed by atoms with Gasteiger partial charge in [0.25, 0.3) is 5.91 Å². The molecule has 4 heteroatoms. The topological polar surface area (TPSA) is 57.8 Å². The van der Waals surface area contributed by atoms with Crippen molar-refractivity contribution < 1.29 is 4.79 Å². The van der Waals surface area contributed by atoms with Crippen LogP contribution in [0.25, 0.3) is 10.9 Å². The highest BCUT2D eigenvalue weighted by atomic mass is 16.2. The number of hydrogen-bond acceptors (Lipinski definition) is 2. The summed E-state index contributed by atoms with van der Waals surface area (Å²) in [5, 5.41) is 10.9. The number of nitrogens with zero attached hydrogens (tertiary/aromatic N) is 1. The van der Waals surface area contributed by atoms with Gasteiger partial charge in [0.2, 0.25) is 0 Å². The number of benzene rings is 1. The number of H-pyrrole nitrogens is 1. The van der Waals surface area contributed by atoms with Gasteiger partial charge in [-0.3, -0.25) is 9.89 Å². The Labute approximate surface area is 113 Å². The Morgan fingerprint density at radius 3 is 2.84 bits per heavy atom. The predicted molar refractivity (Wildman–Crippen MR) is 77.1 cm³/mol. The number of carbonyl (C=O) groups excluding carboxylic acids is 1. The number of fused-ring (bicyclic) bond motifs is 1. The van der Waals surface area contributed by atoms with Crippen molar-refractivity contribution in [1.29, 1.82) is 0 Å². The number of nitrogens with one attached hydrogen (secondary N) is 2. The fourth-order valence-electron chi connectivity index (χ4n) is 2.26. The Hall–Kier alpha value is -1.84. The summed E-state index contributed by atoms with van der Waals surface area (Å²) in [5.74, 6) is 0.513. The second kappa shape index (κ2) is 5.87. The van der Waals surface area contributed by atoms with Gasteiger partial charge in [-0.1, -0.05) is 38.5 Å². The predicted octanol–water partition coefficient (Wildman–Crippen LogP) is 3.12. The van der Waals surface area contributed by atoms with Crippen molar-refractivity contribution in [3.63, 3.8) is 0 Å². The number of hydrogen-bond donors (Lipinski definition) is 2. The zero-order valence-electron chi connectivity index (χ0n) is 11.7. The van der Waals surface area contributed by atoms with Crippen molar-refractivity contribution in [3.8, 4) is 0 Å². The van der Waals surface area contributed by atoms with Gasteiger partial charge in [-0.15, -0.1) is 0 Å². The molecule has 0 aliphatic rings. The number of para-hydroxylation sites is 1. The fourth-order valence-corrected chi connectivity index (χ4v) is 2.26. The molecule has 2 rings (SSSR count).